The Morgan fingerprint density at radius 3 is 2.40 bits per heavy atom. The van der Waals surface area contributed by atoms with E-state index in [1.54, 1.807) is 20.2 Å². The zero-order valence-corrected chi connectivity index (χ0v) is 21.6. The van der Waals surface area contributed by atoms with Gasteiger partial charge < -0.3 is 15.4 Å². The molecule has 8 heteroatoms. The lowest BCUT2D eigenvalue weighted by Gasteiger charge is -2.27. The van der Waals surface area contributed by atoms with Crippen LogP contribution in [0.25, 0.3) is 0 Å². The Morgan fingerprint density at radius 1 is 1.13 bits per heavy atom. The number of hydrogen-bond donors (Lipinski definition) is 2. The third-order valence-electron chi connectivity index (χ3n) is 4.87. The van der Waals surface area contributed by atoms with E-state index in [0.717, 1.165) is 16.9 Å². The molecule has 0 spiro atoms. The number of aryl methyl sites for hydroxylation is 1. The Morgan fingerprint density at radius 2 is 1.83 bits per heavy atom. The number of halogens is 1. The van der Waals surface area contributed by atoms with Crippen molar-refractivity contribution in [2.24, 2.45) is 4.99 Å². The SMILES string of the molecule is CN=C(NCc1ccc(S(C)(=O)=O)c(C)c1)NCC(C)(C)c1cccc(OC)c1.I. The number of rotatable bonds is 7. The van der Waals surface area contributed by atoms with Crippen LogP contribution < -0.4 is 15.4 Å². The lowest BCUT2D eigenvalue weighted by molar-refractivity contribution is 0.411. The Kier molecular flexibility index (Phi) is 9.61. The van der Waals surface area contributed by atoms with Crippen LogP contribution in [0, 0.1) is 6.92 Å². The van der Waals surface area contributed by atoms with Crippen molar-refractivity contribution < 1.29 is 13.2 Å². The summed E-state index contributed by atoms with van der Waals surface area (Å²) in [5.41, 5.74) is 2.78. The second-order valence-corrected chi connectivity index (χ2v) is 9.75. The van der Waals surface area contributed by atoms with Crippen molar-refractivity contribution in [1.29, 1.82) is 0 Å². The summed E-state index contributed by atoms with van der Waals surface area (Å²) in [6.07, 6.45) is 1.23. The zero-order valence-electron chi connectivity index (χ0n) is 18.4. The van der Waals surface area contributed by atoms with Gasteiger partial charge in [-0.25, -0.2) is 8.42 Å². The normalized spacial score (nSPS) is 12.1. The molecule has 2 aromatic rings. The first-order chi connectivity index (χ1) is 13.6. The average molecular weight is 545 g/mol. The standard InChI is InChI=1S/C22H31N3O3S.HI/c1-16-12-17(10-11-20(16)29(6,26)27)14-24-21(23-4)25-15-22(2,3)18-8-7-9-19(13-18)28-5;/h7-13H,14-15H2,1-6H3,(H2,23,24,25);1H. The van der Waals surface area contributed by atoms with E-state index in [1.807, 2.05) is 37.3 Å². The maximum atomic E-state index is 11.8. The molecule has 0 unspecified atom stereocenters. The number of nitrogens with one attached hydrogen (secondary N) is 2. The summed E-state index contributed by atoms with van der Waals surface area (Å²) in [7, 11) is 0.187. The van der Waals surface area contributed by atoms with Crippen LogP contribution >= 0.6 is 24.0 Å². The van der Waals surface area contributed by atoms with Gasteiger partial charge in [0, 0.05) is 31.8 Å². The molecule has 2 N–H and O–H groups in total. The number of aliphatic imine (C=N–C) groups is 1. The summed E-state index contributed by atoms with van der Waals surface area (Å²) in [5.74, 6) is 1.52. The van der Waals surface area contributed by atoms with Crippen molar-refractivity contribution in [2.45, 2.75) is 37.6 Å². The van der Waals surface area contributed by atoms with E-state index in [1.165, 1.54) is 11.8 Å². The number of methoxy groups -OCH3 is 1. The molecule has 0 bridgehead atoms. The lowest BCUT2D eigenvalue weighted by Crippen LogP contribution is -2.43. The third-order valence-corrected chi connectivity index (χ3v) is 6.13. The topological polar surface area (TPSA) is 79.8 Å². The molecule has 2 aromatic carbocycles. The molecular weight excluding hydrogens is 513 g/mol. The van der Waals surface area contributed by atoms with Crippen molar-refractivity contribution in [3.8, 4) is 5.75 Å². The van der Waals surface area contributed by atoms with Crippen LogP contribution in [0.5, 0.6) is 5.75 Å². The van der Waals surface area contributed by atoms with Crippen LogP contribution in [0.2, 0.25) is 0 Å². The van der Waals surface area contributed by atoms with Gasteiger partial charge in [0.05, 0.1) is 12.0 Å². The minimum atomic E-state index is -3.21. The fourth-order valence-electron chi connectivity index (χ4n) is 3.09. The molecule has 0 aliphatic heterocycles. The van der Waals surface area contributed by atoms with Crippen molar-refractivity contribution in [3.05, 3.63) is 59.2 Å². The van der Waals surface area contributed by atoms with Crippen molar-refractivity contribution in [2.75, 3.05) is 27.0 Å². The molecule has 0 fully saturated rings. The van der Waals surface area contributed by atoms with Gasteiger partial charge in [-0.15, -0.1) is 24.0 Å². The first-order valence-electron chi connectivity index (χ1n) is 9.45. The van der Waals surface area contributed by atoms with E-state index in [9.17, 15) is 8.42 Å². The highest BCUT2D eigenvalue weighted by atomic mass is 127. The molecule has 0 aliphatic carbocycles. The molecule has 30 heavy (non-hydrogen) atoms. The number of nitrogens with zero attached hydrogens (tertiary/aromatic N) is 1. The maximum absolute atomic E-state index is 11.8. The van der Waals surface area contributed by atoms with Gasteiger partial charge in [0.15, 0.2) is 15.8 Å². The predicted molar refractivity (Wildman–Crippen MR) is 134 cm³/mol. The molecule has 0 saturated heterocycles. The van der Waals surface area contributed by atoms with E-state index in [2.05, 4.69) is 35.5 Å². The fourth-order valence-corrected chi connectivity index (χ4v) is 4.05. The predicted octanol–water partition coefficient (Wildman–Crippen LogP) is 3.67. The molecule has 0 amide bonds. The van der Waals surface area contributed by atoms with Gasteiger partial charge in [0.2, 0.25) is 0 Å². The highest BCUT2D eigenvalue weighted by Crippen LogP contribution is 2.25. The monoisotopic (exact) mass is 545 g/mol. The van der Waals surface area contributed by atoms with E-state index in [-0.39, 0.29) is 29.4 Å². The van der Waals surface area contributed by atoms with Gasteiger partial charge in [-0.1, -0.05) is 38.1 Å². The van der Waals surface area contributed by atoms with E-state index in [4.69, 9.17) is 4.74 Å². The Labute approximate surface area is 197 Å². The summed E-state index contributed by atoms with van der Waals surface area (Å²) in [4.78, 5) is 4.65. The maximum Gasteiger partial charge on any atom is 0.191 e. The van der Waals surface area contributed by atoms with Crippen LogP contribution in [-0.2, 0) is 21.8 Å². The molecule has 0 saturated carbocycles. The van der Waals surface area contributed by atoms with Crippen molar-refractivity contribution >= 4 is 39.8 Å². The summed E-state index contributed by atoms with van der Waals surface area (Å²) in [5, 5.41) is 6.65. The molecule has 6 nitrogen and oxygen atoms in total. The summed E-state index contributed by atoms with van der Waals surface area (Å²) in [6.45, 7) is 7.37. The van der Waals surface area contributed by atoms with Crippen LogP contribution in [0.15, 0.2) is 52.4 Å². The van der Waals surface area contributed by atoms with Gasteiger partial charge in [0.1, 0.15) is 5.75 Å². The number of sulfone groups is 1. The van der Waals surface area contributed by atoms with Gasteiger partial charge in [-0.2, -0.15) is 0 Å². The minimum Gasteiger partial charge on any atom is -0.497 e. The van der Waals surface area contributed by atoms with E-state index >= 15 is 0 Å². The zero-order chi connectivity index (χ0) is 21.7. The highest BCUT2D eigenvalue weighted by molar-refractivity contribution is 14.0. The molecule has 166 valence electrons. The number of ether oxygens (including phenoxy) is 1. The van der Waals surface area contributed by atoms with E-state index < -0.39 is 9.84 Å². The first-order valence-corrected chi connectivity index (χ1v) is 11.3. The Balaban J connectivity index is 0.00000450. The summed E-state index contributed by atoms with van der Waals surface area (Å²) in [6, 6.07) is 13.4. The van der Waals surface area contributed by atoms with Crippen LogP contribution in [-0.4, -0.2) is 41.3 Å². The van der Waals surface area contributed by atoms with Crippen LogP contribution in [0.4, 0.5) is 0 Å². The Hall–Kier alpha value is -1.81. The van der Waals surface area contributed by atoms with Gasteiger partial charge >= 0.3 is 0 Å². The van der Waals surface area contributed by atoms with Gasteiger partial charge in [-0.3, -0.25) is 4.99 Å². The highest BCUT2D eigenvalue weighted by Gasteiger charge is 2.21. The number of hydrogen-bond acceptors (Lipinski definition) is 4. The Bertz CT molecular complexity index is 989. The number of guanidine groups is 1. The van der Waals surface area contributed by atoms with Crippen LogP contribution in [0.1, 0.15) is 30.5 Å². The molecule has 0 atom stereocenters. The smallest absolute Gasteiger partial charge is 0.191 e. The molecule has 0 radical (unpaired) electrons. The minimum absolute atomic E-state index is 0. The molecule has 0 heterocycles. The van der Waals surface area contributed by atoms with Gasteiger partial charge in [-0.05, 0) is 41.8 Å². The summed E-state index contributed by atoms with van der Waals surface area (Å²) >= 11 is 0. The molecular formula is C22H32IN3O3S. The molecule has 0 aliphatic rings. The molecule has 2 rings (SSSR count). The fraction of sp³-hybridized carbons (Fsp3) is 0.409. The third kappa shape index (κ3) is 7.16. The first kappa shape index (κ1) is 26.2. The van der Waals surface area contributed by atoms with Crippen molar-refractivity contribution in [1.82, 2.24) is 10.6 Å². The van der Waals surface area contributed by atoms with Gasteiger partial charge in [0.25, 0.3) is 0 Å². The largest absolute Gasteiger partial charge is 0.497 e. The summed E-state index contributed by atoms with van der Waals surface area (Å²) < 4.78 is 28.9. The lowest BCUT2D eigenvalue weighted by atomic mass is 9.84. The quantitative estimate of drug-likeness (QED) is 0.316. The molecule has 0 aromatic heterocycles. The second kappa shape index (κ2) is 11.0. The van der Waals surface area contributed by atoms with Crippen LogP contribution in [0.3, 0.4) is 0 Å². The second-order valence-electron chi connectivity index (χ2n) is 7.77. The van der Waals surface area contributed by atoms with E-state index in [0.29, 0.717) is 23.9 Å². The number of benzene rings is 2. The average Bonchev–Trinajstić information content (AvgIpc) is 2.67. The van der Waals surface area contributed by atoms with Crippen molar-refractivity contribution in [3.63, 3.8) is 0 Å².